The van der Waals surface area contributed by atoms with E-state index in [9.17, 15) is 18.0 Å². The summed E-state index contributed by atoms with van der Waals surface area (Å²) in [6.07, 6.45) is -4.31. The molecule has 1 N–H and O–H groups in total. The Hall–Kier alpha value is -2.30. The van der Waals surface area contributed by atoms with Crippen molar-refractivity contribution < 1.29 is 18.0 Å². The van der Waals surface area contributed by atoms with Gasteiger partial charge in [0.1, 0.15) is 12.0 Å². The molecule has 1 amide bonds. The molecular weight excluding hydrogens is 303 g/mol. The summed E-state index contributed by atoms with van der Waals surface area (Å²) in [7, 11) is 0. The summed E-state index contributed by atoms with van der Waals surface area (Å²) >= 11 is 0. The monoisotopic (exact) mass is 318 g/mol. The largest absolute Gasteiger partial charge is 0.405 e. The van der Waals surface area contributed by atoms with Crippen LogP contribution in [-0.4, -0.2) is 18.6 Å². The average molecular weight is 318 g/mol. The molecule has 23 heavy (non-hydrogen) atoms. The lowest BCUT2D eigenvalue weighted by atomic mass is 9.75. The van der Waals surface area contributed by atoms with Gasteiger partial charge in [0.2, 0.25) is 5.91 Å². The van der Waals surface area contributed by atoms with Gasteiger partial charge in [0, 0.05) is 0 Å². The predicted molar refractivity (Wildman–Crippen MR) is 81.7 cm³/mol. The maximum atomic E-state index is 12.7. The van der Waals surface area contributed by atoms with Gasteiger partial charge in [-0.1, -0.05) is 55.5 Å². The fourth-order valence-corrected chi connectivity index (χ4v) is 3.28. The Labute approximate surface area is 132 Å². The van der Waals surface area contributed by atoms with Crippen LogP contribution < -0.4 is 5.32 Å². The second-order valence-electron chi connectivity index (χ2n) is 5.54. The highest BCUT2D eigenvalue weighted by Gasteiger charge is 2.48. The molecule has 0 aromatic heterocycles. The molecule has 0 saturated carbocycles. The number of amides is 1. The normalized spacial score (nSPS) is 15.0. The molecule has 0 saturated heterocycles. The van der Waals surface area contributed by atoms with E-state index in [1.807, 2.05) is 29.6 Å². The van der Waals surface area contributed by atoms with E-state index < -0.39 is 24.0 Å². The quantitative estimate of drug-likeness (QED) is 0.915. The van der Waals surface area contributed by atoms with E-state index in [0.29, 0.717) is 11.1 Å². The molecule has 2 aromatic carbocycles. The zero-order valence-electron chi connectivity index (χ0n) is 12.3. The summed E-state index contributed by atoms with van der Waals surface area (Å²) in [6.45, 7) is 2.51. The van der Waals surface area contributed by atoms with E-state index >= 15 is 0 Å². The molecule has 3 rings (SSSR count). The number of carbonyl (C=O) groups is 1. The van der Waals surface area contributed by atoms with Crippen LogP contribution in [-0.2, 0) is 10.2 Å². The van der Waals surface area contributed by atoms with E-state index in [-0.39, 0.29) is 6.42 Å². The SMILES string of the molecule is [CH2]CC1(C(=O)NCC(F)(F)F)c2ccccc2-c2ccccc21. The van der Waals surface area contributed by atoms with Crippen molar-refractivity contribution in [1.29, 1.82) is 0 Å². The molecule has 2 nitrogen and oxygen atoms in total. The first-order chi connectivity index (χ1) is 10.9. The fourth-order valence-electron chi connectivity index (χ4n) is 3.28. The van der Waals surface area contributed by atoms with Crippen molar-refractivity contribution >= 4 is 5.91 Å². The minimum atomic E-state index is -4.45. The standard InChI is InChI=1S/C18H15F3NO/c1-2-17(16(23)22-11-18(19,20)21)14-9-5-3-7-12(14)13-8-4-6-10-15(13)17/h3-10H,1-2,11H2,(H,22,23). The van der Waals surface area contributed by atoms with Gasteiger partial charge in [0.25, 0.3) is 0 Å². The van der Waals surface area contributed by atoms with Gasteiger partial charge < -0.3 is 5.32 Å². The average Bonchev–Trinajstić information content (AvgIpc) is 2.83. The zero-order valence-corrected chi connectivity index (χ0v) is 12.3. The number of rotatable bonds is 3. The summed E-state index contributed by atoms with van der Waals surface area (Å²) in [4.78, 5) is 12.7. The van der Waals surface area contributed by atoms with Gasteiger partial charge in [0.05, 0.1) is 0 Å². The molecule has 0 bridgehead atoms. The third kappa shape index (κ3) is 2.40. The Morgan fingerprint density at radius 1 is 1.00 bits per heavy atom. The third-order valence-corrected chi connectivity index (χ3v) is 4.28. The van der Waals surface area contributed by atoms with E-state index in [2.05, 4.69) is 6.92 Å². The van der Waals surface area contributed by atoms with Gasteiger partial charge >= 0.3 is 6.18 Å². The highest BCUT2D eigenvalue weighted by Crippen LogP contribution is 2.50. The molecule has 1 aliphatic rings. The Bertz CT molecular complexity index is 706. The Morgan fingerprint density at radius 2 is 1.48 bits per heavy atom. The van der Waals surface area contributed by atoms with Crippen LogP contribution in [0.3, 0.4) is 0 Å². The Morgan fingerprint density at radius 3 is 1.91 bits per heavy atom. The molecule has 5 heteroatoms. The van der Waals surface area contributed by atoms with Crippen molar-refractivity contribution in [2.45, 2.75) is 18.0 Å². The molecule has 0 aliphatic heterocycles. The lowest BCUT2D eigenvalue weighted by Crippen LogP contribution is -2.46. The predicted octanol–water partition coefficient (Wildman–Crippen LogP) is 3.86. The zero-order chi connectivity index (χ0) is 16.7. The molecule has 0 atom stereocenters. The van der Waals surface area contributed by atoms with Gasteiger partial charge in [0.15, 0.2) is 0 Å². The van der Waals surface area contributed by atoms with Gasteiger partial charge in [-0.15, -0.1) is 0 Å². The van der Waals surface area contributed by atoms with Gasteiger partial charge in [-0.3, -0.25) is 4.79 Å². The van der Waals surface area contributed by atoms with Crippen molar-refractivity contribution in [1.82, 2.24) is 5.32 Å². The molecular formula is C18H15F3NO. The van der Waals surface area contributed by atoms with Crippen molar-refractivity contribution in [2.75, 3.05) is 6.54 Å². The number of carbonyl (C=O) groups excluding carboxylic acids is 1. The van der Waals surface area contributed by atoms with Crippen molar-refractivity contribution in [3.63, 3.8) is 0 Å². The van der Waals surface area contributed by atoms with Gasteiger partial charge in [-0.05, 0) is 28.7 Å². The number of fused-ring (bicyclic) bond motifs is 3. The van der Waals surface area contributed by atoms with Crippen molar-refractivity contribution in [3.8, 4) is 11.1 Å². The second kappa shape index (κ2) is 5.41. The number of benzene rings is 2. The number of hydrogen-bond donors (Lipinski definition) is 1. The van der Waals surface area contributed by atoms with Crippen LogP contribution in [0.4, 0.5) is 13.2 Å². The van der Waals surface area contributed by atoms with E-state index in [0.717, 1.165) is 11.1 Å². The summed E-state index contributed by atoms with van der Waals surface area (Å²) < 4.78 is 37.5. The summed E-state index contributed by atoms with van der Waals surface area (Å²) in [5.41, 5.74) is 1.97. The topological polar surface area (TPSA) is 29.1 Å². The first kappa shape index (κ1) is 15.6. The smallest absolute Gasteiger partial charge is 0.346 e. The summed E-state index contributed by atoms with van der Waals surface area (Å²) in [5.74, 6) is -0.665. The number of halogens is 3. The molecule has 119 valence electrons. The maximum absolute atomic E-state index is 12.7. The van der Waals surface area contributed by atoms with Gasteiger partial charge in [-0.2, -0.15) is 13.2 Å². The minimum Gasteiger partial charge on any atom is -0.346 e. The fraction of sp³-hybridized carbons (Fsp3) is 0.222. The van der Waals surface area contributed by atoms with E-state index in [4.69, 9.17) is 0 Å². The first-order valence-electron chi connectivity index (χ1n) is 7.24. The van der Waals surface area contributed by atoms with Crippen LogP contribution in [0, 0.1) is 6.92 Å². The maximum Gasteiger partial charge on any atom is 0.405 e. The Balaban J connectivity index is 2.12. The van der Waals surface area contributed by atoms with Crippen LogP contribution >= 0.6 is 0 Å². The van der Waals surface area contributed by atoms with Crippen molar-refractivity contribution in [3.05, 3.63) is 66.6 Å². The first-order valence-corrected chi connectivity index (χ1v) is 7.24. The molecule has 0 fully saturated rings. The number of alkyl halides is 3. The van der Waals surface area contributed by atoms with Crippen LogP contribution in [0.15, 0.2) is 48.5 Å². The van der Waals surface area contributed by atoms with E-state index in [1.165, 1.54) is 0 Å². The van der Waals surface area contributed by atoms with E-state index in [1.54, 1.807) is 24.3 Å². The summed E-state index contributed by atoms with van der Waals surface area (Å²) in [6, 6.07) is 14.6. The molecule has 1 aliphatic carbocycles. The lowest BCUT2D eigenvalue weighted by Gasteiger charge is -2.29. The van der Waals surface area contributed by atoms with Crippen LogP contribution in [0.25, 0.3) is 11.1 Å². The minimum absolute atomic E-state index is 0.144. The lowest BCUT2D eigenvalue weighted by molar-refractivity contribution is -0.140. The van der Waals surface area contributed by atoms with Crippen molar-refractivity contribution in [2.24, 2.45) is 0 Å². The van der Waals surface area contributed by atoms with Crippen LogP contribution in [0.5, 0.6) is 0 Å². The number of nitrogens with one attached hydrogen (secondary N) is 1. The molecule has 0 heterocycles. The third-order valence-electron chi connectivity index (χ3n) is 4.28. The molecule has 0 spiro atoms. The molecule has 2 aromatic rings. The highest BCUT2D eigenvalue weighted by atomic mass is 19.4. The number of hydrogen-bond acceptors (Lipinski definition) is 1. The van der Waals surface area contributed by atoms with Crippen LogP contribution in [0.1, 0.15) is 17.5 Å². The second-order valence-corrected chi connectivity index (χ2v) is 5.54. The van der Waals surface area contributed by atoms with Crippen LogP contribution in [0.2, 0.25) is 0 Å². The highest BCUT2D eigenvalue weighted by molar-refractivity contribution is 6.00. The molecule has 1 radical (unpaired) electrons. The molecule has 0 unspecified atom stereocenters. The van der Waals surface area contributed by atoms with Gasteiger partial charge in [-0.25, -0.2) is 0 Å². The summed E-state index contributed by atoms with van der Waals surface area (Å²) in [5, 5.41) is 2.03. The Kier molecular flexibility index (Phi) is 3.66.